The number of nitrogens with one attached hydrogen (secondary N) is 1. The SMILES string of the molecule is CC(C)c1c(N)c(Cl)nc(=N)n1O. The van der Waals surface area contributed by atoms with Crippen LogP contribution < -0.4 is 11.4 Å². The second-order valence-electron chi connectivity index (χ2n) is 2.99. The maximum absolute atomic E-state index is 9.40. The van der Waals surface area contributed by atoms with Gasteiger partial charge in [-0.15, -0.1) is 0 Å². The number of aromatic nitrogens is 2. The monoisotopic (exact) mass is 202 g/mol. The molecule has 72 valence electrons. The summed E-state index contributed by atoms with van der Waals surface area (Å²) >= 11 is 5.65. The van der Waals surface area contributed by atoms with Crippen molar-refractivity contribution in [2.45, 2.75) is 19.8 Å². The average molecular weight is 203 g/mol. The second-order valence-corrected chi connectivity index (χ2v) is 3.35. The van der Waals surface area contributed by atoms with E-state index >= 15 is 0 Å². The Kier molecular flexibility index (Phi) is 2.47. The molecule has 1 aromatic heterocycles. The van der Waals surface area contributed by atoms with Gasteiger partial charge in [0.05, 0.1) is 11.4 Å². The van der Waals surface area contributed by atoms with Crippen LogP contribution in [-0.2, 0) is 0 Å². The van der Waals surface area contributed by atoms with Crippen LogP contribution in [-0.4, -0.2) is 14.9 Å². The van der Waals surface area contributed by atoms with Gasteiger partial charge in [0, 0.05) is 0 Å². The molecule has 0 aliphatic carbocycles. The lowest BCUT2D eigenvalue weighted by molar-refractivity contribution is 0.153. The third-order valence-corrected chi connectivity index (χ3v) is 1.97. The van der Waals surface area contributed by atoms with E-state index in [1.54, 1.807) is 0 Å². The summed E-state index contributed by atoms with van der Waals surface area (Å²) in [5.41, 5.74) is 5.90. The first-order valence-electron chi connectivity index (χ1n) is 3.77. The maximum atomic E-state index is 9.40. The van der Waals surface area contributed by atoms with Gasteiger partial charge in [-0.1, -0.05) is 25.4 Å². The van der Waals surface area contributed by atoms with Gasteiger partial charge in [0.1, 0.15) is 0 Å². The van der Waals surface area contributed by atoms with Crippen molar-refractivity contribution in [3.63, 3.8) is 0 Å². The van der Waals surface area contributed by atoms with Crippen molar-refractivity contribution in [1.82, 2.24) is 9.71 Å². The van der Waals surface area contributed by atoms with Gasteiger partial charge in [-0.25, -0.2) is 0 Å². The molecule has 0 saturated heterocycles. The van der Waals surface area contributed by atoms with Gasteiger partial charge in [0.2, 0.25) is 0 Å². The van der Waals surface area contributed by atoms with Crippen molar-refractivity contribution in [3.8, 4) is 0 Å². The van der Waals surface area contributed by atoms with Crippen molar-refractivity contribution >= 4 is 17.3 Å². The van der Waals surface area contributed by atoms with Gasteiger partial charge in [0.15, 0.2) is 5.15 Å². The normalized spacial score (nSPS) is 10.8. The summed E-state index contributed by atoms with van der Waals surface area (Å²) in [5, 5.41) is 16.7. The minimum Gasteiger partial charge on any atom is -0.425 e. The molecule has 0 aliphatic rings. The topological polar surface area (TPSA) is 87.9 Å². The largest absolute Gasteiger partial charge is 0.425 e. The summed E-state index contributed by atoms with van der Waals surface area (Å²) in [4.78, 5) is 3.54. The summed E-state index contributed by atoms with van der Waals surface area (Å²) in [6.07, 6.45) is 0. The van der Waals surface area contributed by atoms with Crippen LogP contribution in [0.4, 0.5) is 5.69 Å². The lowest BCUT2D eigenvalue weighted by Crippen LogP contribution is -2.26. The van der Waals surface area contributed by atoms with E-state index in [1.165, 1.54) is 0 Å². The minimum absolute atomic E-state index is 0.0189. The Morgan fingerprint density at radius 1 is 1.62 bits per heavy atom. The van der Waals surface area contributed by atoms with E-state index in [2.05, 4.69) is 4.98 Å². The maximum Gasteiger partial charge on any atom is 0.257 e. The highest BCUT2D eigenvalue weighted by atomic mass is 35.5. The molecule has 0 bridgehead atoms. The zero-order chi connectivity index (χ0) is 10.2. The average Bonchev–Trinajstić information content (AvgIpc) is 2.01. The molecule has 0 radical (unpaired) electrons. The van der Waals surface area contributed by atoms with Gasteiger partial charge in [0.25, 0.3) is 5.62 Å². The number of halogens is 1. The lowest BCUT2D eigenvalue weighted by Gasteiger charge is -2.13. The molecule has 0 amide bonds. The molecule has 0 spiro atoms. The Hall–Kier alpha value is -1.23. The van der Waals surface area contributed by atoms with E-state index in [1.807, 2.05) is 13.8 Å². The minimum atomic E-state index is -0.317. The first-order chi connectivity index (χ1) is 5.95. The predicted molar refractivity (Wildman–Crippen MR) is 48.8 cm³/mol. The quantitative estimate of drug-likeness (QED) is 0.468. The number of nitrogens with zero attached hydrogens (tertiary/aromatic N) is 2. The molecule has 1 rings (SSSR count). The van der Waals surface area contributed by atoms with Crippen LogP contribution in [0.1, 0.15) is 25.5 Å². The van der Waals surface area contributed by atoms with E-state index in [9.17, 15) is 5.21 Å². The van der Waals surface area contributed by atoms with E-state index < -0.39 is 0 Å². The molecule has 13 heavy (non-hydrogen) atoms. The predicted octanol–water partition coefficient (Wildman–Crippen LogP) is 0.959. The van der Waals surface area contributed by atoms with Gasteiger partial charge in [-0.2, -0.15) is 9.71 Å². The summed E-state index contributed by atoms with van der Waals surface area (Å²) in [6, 6.07) is 0. The molecule has 0 aromatic carbocycles. The van der Waals surface area contributed by atoms with E-state index in [0.717, 1.165) is 0 Å². The highest BCUT2D eigenvalue weighted by Crippen LogP contribution is 2.24. The van der Waals surface area contributed by atoms with Crippen molar-refractivity contribution in [2.24, 2.45) is 0 Å². The van der Waals surface area contributed by atoms with Crippen LogP contribution in [0.5, 0.6) is 0 Å². The highest BCUT2D eigenvalue weighted by Gasteiger charge is 2.14. The van der Waals surface area contributed by atoms with E-state index in [-0.39, 0.29) is 22.4 Å². The Morgan fingerprint density at radius 2 is 2.15 bits per heavy atom. The van der Waals surface area contributed by atoms with Crippen molar-refractivity contribution in [3.05, 3.63) is 16.5 Å². The van der Waals surface area contributed by atoms with Crippen LogP contribution in [0, 0.1) is 5.41 Å². The number of nitrogens with two attached hydrogens (primary N) is 1. The van der Waals surface area contributed by atoms with Crippen molar-refractivity contribution in [1.29, 1.82) is 5.41 Å². The number of hydrogen-bond donors (Lipinski definition) is 3. The molecule has 0 fully saturated rings. The molecule has 0 atom stereocenters. The summed E-state index contributed by atoms with van der Waals surface area (Å²) in [6.45, 7) is 3.68. The molecule has 4 N–H and O–H groups in total. The van der Waals surface area contributed by atoms with Gasteiger partial charge >= 0.3 is 0 Å². The van der Waals surface area contributed by atoms with Crippen LogP contribution in [0.25, 0.3) is 0 Å². The Labute approximate surface area is 80.3 Å². The fourth-order valence-electron chi connectivity index (χ4n) is 1.09. The number of nitrogen functional groups attached to an aromatic ring is 1. The third-order valence-electron chi connectivity index (χ3n) is 1.68. The van der Waals surface area contributed by atoms with Crippen LogP contribution >= 0.6 is 11.6 Å². The Morgan fingerprint density at radius 3 is 2.62 bits per heavy atom. The molecule has 0 unspecified atom stereocenters. The first kappa shape index (κ1) is 9.85. The number of rotatable bonds is 1. The Balaban J connectivity index is 3.56. The molecule has 1 heterocycles. The zero-order valence-corrected chi connectivity index (χ0v) is 8.13. The summed E-state index contributed by atoms with van der Waals surface area (Å²) in [5.74, 6) is -0.0189. The van der Waals surface area contributed by atoms with Crippen LogP contribution in [0.15, 0.2) is 0 Å². The summed E-state index contributed by atoms with van der Waals surface area (Å²) in [7, 11) is 0. The van der Waals surface area contributed by atoms with Crippen molar-refractivity contribution in [2.75, 3.05) is 5.73 Å². The highest BCUT2D eigenvalue weighted by molar-refractivity contribution is 6.31. The molecule has 1 aromatic rings. The number of hydrogen-bond acceptors (Lipinski definition) is 4. The van der Waals surface area contributed by atoms with Crippen LogP contribution in [0.2, 0.25) is 5.15 Å². The zero-order valence-electron chi connectivity index (χ0n) is 7.37. The third kappa shape index (κ3) is 1.60. The molecular formula is C7H11ClN4O. The van der Waals surface area contributed by atoms with Gasteiger partial charge in [-0.05, 0) is 5.92 Å². The first-order valence-corrected chi connectivity index (χ1v) is 4.14. The van der Waals surface area contributed by atoms with Crippen LogP contribution in [0.3, 0.4) is 0 Å². The summed E-state index contributed by atoms with van der Waals surface area (Å²) < 4.78 is 0.645. The molecule has 6 heteroatoms. The molecule has 0 aliphatic heterocycles. The Bertz CT molecular complexity index is 385. The fourth-order valence-corrected chi connectivity index (χ4v) is 1.27. The van der Waals surface area contributed by atoms with E-state index in [4.69, 9.17) is 22.7 Å². The van der Waals surface area contributed by atoms with Crippen molar-refractivity contribution < 1.29 is 5.21 Å². The van der Waals surface area contributed by atoms with E-state index in [0.29, 0.717) is 10.4 Å². The smallest absolute Gasteiger partial charge is 0.257 e. The lowest BCUT2D eigenvalue weighted by atomic mass is 10.1. The molecule has 0 saturated carbocycles. The molecule has 5 nitrogen and oxygen atoms in total. The standard InChI is InChI=1S/C7H11ClN4O/c1-3(2)5-4(9)6(8)11-7(10)12(5)13/h3,10,13H,9H2,1-2H3. The second kappa shape index (κ2) is 3.26. The van der Waals surface area contributed by atoms with Gasteiger partial charge < -0.3 is 10.9 Å². The molecular weight excluding hydrogens is 192 g/mol. The number of anilines is 1. The fraction of sp³-hybridized carbons (Fsp3) is 0.429. The van der Waals surface area contributed by atoms with Gasteiger partial charge in [-0.3, -0.25) is 5.41 Å².